The molecule has 5 nitrogen and oxygen atoms in total. The number of hydrogen-bond donors (Lipinski definition) is 2. The Morgan fingerprint density at radius 2 is 2.20 bits per heavy atom. The number of aliphatic carboxylic acids is 1. The SMILES string of the molecule is Cc1ccc(C(=O)NC2COCC2(C)C(=O)O)cc1Cl. The van der Waals surface area contributed by atoms with Crippen molar-refractivity contribution in [1.29, 1.82) is 0 Å². The van der Waals surface area contributed by atoms with Gasteiger partial charge in [-0.1, -0.05) is 17.7 Å². The quantitative estimate of drug-likeness (QED) is 0.893. The van der Waals surface area contributed by atoms with Crippen LogP contribution in [0.5, 0.6) is 0 Å². The molecule has 1 heterocycles. The lowest BCUT2D eigenvalue weighted by atomic mass is 9.85. The molecule has 0 aromatic heterocycles. The first-order valence-electron chi connectivity index (χ1n) is 6.23. The van der Waals surface area contributed by atoms with Gasteiger partial charge in [0.05, 0.1) is 19.3 Å². The summed E-state index contributed by atoms with van der Waals surface area (Å²) < 4.78 is 5.19. The number of halogens is 1. The molecule has 0 bridgehead atoms. The number of ether oxygens (including phenoxy) is 1. The highest BCUT2D eigenvalue weighted by Gasteiger charge is 2.47. The number of hydrogen-bond acceptors (Lipinski definition) is 3. The third kappa shape index (κ3) is 2.64. The lowest BCUT2D eigenvalue weighted by Crippen LogP contribution is -2.49. The fourth-order valence-corrected chi connectivity index (χ4v) is 2.24. The molecule has 1 amide bonds. The maximum Gasteiger partial charge on any atom is 0.313 e. The van der Waals surface area contributed by atoms with E-state index in [0.29, 0.717) is 10.6 Å². The van der Waals surface area contributed by atoms with Gasteiger partial charge in [0.1, 0.15) is 5.41 Å². The van der Waals surface area contributed by atoms with Crippen LogP contribution in [0.15, 0.2) is 18.2 Å². The monoisotopic (exact) mass is 297 g/mol. The van der Waals surface area contributed by atoms with Gasteiger partial charge in [-0.2, -0.15) is 0 Å². The predicted octanol–water partition coefficient (Wildman–Crippen LogP) is 1.87. The molecule has 2 rings (SSSR count). The normalized spacial score (nSPS) is 25.4. The Labute approximate surface area is 121 Å². The van der Waals surface area contributed by atoms with Gasteiger partial charge in [0.15, 0.2) is 0 Å². The van der Waals surface area contributed by atoms with E-state index in [1.807, 2.05) is 6.92 Å². The average Bonchev–Trinajstić information content (AvgIpc) is 2.75. The molecule has 108 valence electrons. The fourth-order valence-electron chi connectivity index (χ4n) is 2.06. The second kappa shape index (κ2) is 5.42. The zero-order chi connectivity index (χ0) is 14.9. The molecule has 1 saturated heterocycles. The van der Waals surface area contributed by atoms with Gasteiger partial charge in [-0.15, -0.1) is 0 Å². The van der Waals surface area contributed by atoms with Gasteiger partial charge in [0.2, 0.25) is 0 Å². The molecular formula is C14H16ClNO4. The van der Waals surface area contributed by atoms with Gasteiger partial charge in [-0.25, -0.2) is 0 Å². The van der Waals surface area contributed by atoms with Gasteiger partial charge >= 0.3 is 5.97 Å². The summed E-state index contributed by atoms with van der Waals surface area (Å²) in [5, 5.41) is 12.5. The number of aryl methyl sites for hydroxylation is 1. The number of benzene rings is 1. The van der Waals surface area contributed by atoms with Crippen LogP contribution < -0.4 is 5.32 Å². The molecule has 2 unspecified atom stereocenters. The molecule has 0 spiro atoms. The van der Waals surface area contributed by atoms with Crippen LogP contribution in [0.2, 0.25) is 5.02 Å². The molecule has 1 aliphatic rings. The Balaban J connectivity index is 2.15. The van der Waals surface area contributed by atoms with Crippen LogP contribution in [0.25, 0.3) is 0 Å². The van der Waals surface area contributed by atoms with Crippen molar-refractivity contribution in [2.24, 2.45) is 5.41 Å². The first-order valence-corrected chi connectivity index (χ1v) is 6.60. The molecule has 1 aliphatic heterocycles. The highest BCUT2D eigenvalue weighted by atomic mass is 35.5. The smallest absolute Gasteiger partial charge is 0.313 e. The fraction of sp³-hybridized carbons (Fsp3) is 0.429. The zero-order valence-electron chi connectivity index (χ0n) is 11.3. The maximum absolute atomic E-state index is 12.2. The summed E-state index contributed by atoms with van der Waals surface area (Å²) in [4.78, 5) is 23.5. The molecule has 0 radical (unpaired) electrons. The van der Waals surface area contributed by atoms with Crippen molar-refractivity contribution in [1.82, 2.24) is 5.32 Å². The minimum atomic E-state index is -1.11. The van der Waals surface area contributed by atoms with E-state index in [4.69, 9.17) is 16.3 Å². The molecule has 6 heteroatoms. The van der Waals surface area contributed by atoms with Gasteiger partial charge in [-0.05, 0) is 31.5 Å². The molecular weight excluding hydrogens is 282 g/mol. The van der Waals surface area contributed by atoms with Crippen molar-refractivity contribution in [3.63, 3.8) is 0 Å². The first-order chi connectivity index (χ1) is 9.34. The molecule has 2 N–H and O–H groups in total. The Kier molecular flexibility index (Phi) is 4.01. The van der Waals surface area contributed by atoms with Gasteiger partial charge in [0, 0.05) is 10.6 Å². The van der Waals surface area contributed by atoms with Crippen molar-refractivity contribution in [3.8, 4) is 0 Å². The molecule has 2 atom stereocenters. The topological polar surface area (TPSA) is 75.6 Å². The van der Waals surface area contributed by atoms with Crippen molar-refractivity contribution in [3.05, 3.63) is 34.3 Å². The molecule has 1 aromatic carbocycles. The van der Waals surface area contributed by atoms with Gasteiger partial charge < -0.3 is 15.2 Å². The highest BCUT2D eigenvalue weighted by molar-refractivity contribution is 6.31. The summed E-state index contributed by atoms with van der Waals surface area (Å²) in [5.74, 6) is -1.34. The minimum absolute atomic E-state index is 0.0853. The first kappa shape index (κ1) is 14.8. The summed E-state index contributed by atoms with van der Waals surface area (Å²) in [6.07, 6.45) is 0. The van der Waals surface area contributed by atoms with Crippen molar-refractivity contribution in [2.75, 3.05) is 13.2 Å². The number of carboxylic acid groups (broad SMARTS) is 1. The van der Waals surface area contributed by atoms with Crippen LogP contribution in [0.4, 0.5) is 0 Å². The predicted molar refractivity (Wildman–Crippen MR) is 74.0 cm³/mol. The maximum atomic E-state index is 12.2. The van der Waals surface area contributed by atoms with E-state index in [1.54, 1.807) is 25.1 Å². The lowest BCUT2D eigenvalue weighted by Gasteiger charge is -2.25. The number of carbonyl (C=O) groups is 2. The zero-order valence-corrected chi connectivity index (χ0v) is 12.0. The van der Waals surface area contributed by atoms with Crippen LogP contribution in [0.3, 0.4) is 0 Å². The Morgan fingerprint density at radius 3 is 2.80 bits per heavy atom. The third-order valence-corrected chi connectivity index (χ3v) is 4.09. The van der Waals surface area contributed by atoms with E-state index >= 15 is 0 Å². The molecule has 0 saturated carbocycles. The summed E-state index contributed by atoms with van der Waals surface area (Å²) in [7, 11) is 0. The van der Waals surface area contributed by atoms with E-state index in [2.05, 4.69) is 5.32 Å². The lowest BCUT2D eigenvalue weighted by molar-refractivity contribution is -0.148. The van der Waals surface area contributed by atoms with Crippen molar-refractivity contribution in [2.45, 2.75) is 19.9 Å². The minimum Gasteiger partial charge on any atom is -0.481 e. The summed E-state index contributed by atoms with van der Waals surface area (Å²) >= 11 is 5.98. The van der Waals surface area contributed by atoms with E-state index in [1.165, 1.54) is 0 Å². The van der Waals surface area contributed by atoms with Crippen LogP contribution in [0, 0.1) is 12.3 Å². The second-order valence-corrected chi connectivity index (χ2v) is 5.63. The number of rotatable bonds is 3. The van der Waals surface area contributed by atoms with E-state index in [0.717, 1.165) is 5.56 Å². The summed E-state index contributed by atoms with van der Waals surface area (Å²) in [6.45, 7) is 3.68. The number of carbonyl (C=O) groups excluding carboxylic acids is 1. The van der Waals surface area contributed by atoms with Crippen LogP contribution in [-0.4, -0.2) is 36.2 Å². The molecule has 1 fully saturated rings. The Hall–Kier alpha value is -1.59. The van der Waals surface area contributed by atoms with Crippen molar-refractivity contribution >= 4 is 23.5 Å². The Morgan fingerprint density at radius 1 is 1.50 bits per heavy atom. The summed E-state index contributed by atoms with van der Waals surface area (Å²) in [6, 6.07) is 4.41. The van der Waals surface area contributed by atoms with E-state index in [9.17, 15) is 14.7 Å². The third-order valence-electron chi connectivity index (χ3n) is 3.68. The average molecular weight is 298 g/mol. The standard InChI is InChI=1S/C14H16ClNO4/c1-8-3-4-9(5-10(8)15)12(17)16-11-6-20-7-14(11,2)13(18)19/h3-5,11H,6-7H2,1-2H3,(H,16,17)(H,18,19). The second-order valence-electron chi connectivity index (χ2n) is 5.23. The number of amides is 1. The number of nitrogens with one attached hydrogen (secondary N) is 1. The largest absolute Gasteiger partial charge is 0.481 e. The highest BCUT2D eigenvalue weighted by Crippen LogP contribution is 2.29. The molecule has 0 aliphatic carbocycles. The van der Waals surface area contributed by atoms with Crippen molar-refractivity contribution < 1.29 is 19.4 Å². The van der Waals surface area contributed by atoms with Crippen LogP contribution in [-0.2, 0) is 9.53 Å². The van der Waals surface area contributed by atoms with E-state index < -0.39 is 17.4 Å². The van der Waals surface area contributed by atoms with Crippen LogP contribution in [0.1, 0.15) is 22.8 Å². The Bertz CT molecular complexity index is 560. The van der Waals surface area contributed by atoms with Gasteiger partial charge in [-0.3, -0.25) is 9.59 Å². The molecule has 20 heavy (non-hydrogen) atoms. The van der Waals surface area contributed by atoms with E-state index in [-0.39, 0.29) is 19.1 Å². The number of carboxylic acids is 1. The summed E-state index contributed by atoms with van der Waals surface area (Å²) in [5.41, 5.74) is 0.174. The molecule has 1 aromatic rings. The van der Waals surface area contributed by atoms with Gasteiger partial charge in [0.25, 0.3) is 5.91 Å². The van der Waals surface area contributed by atoms with Crippen LogP contribution >= 0.6 is 11.6 Å².